The molecule has 1 aliphatic heterocycles. The summed E-state index contributed by atoms with van der Waals surface area (Å²) in [7, 11) is 1.55. The SMILES string of the molecule is C=CCOc1c(Cl)cc([C@@H]2C3=C(CC(C)(C)CC3=O)N=C3CC(C)(C)CC(=O)C32)cc1OC. The van der Waals surface area contributed by atoms with Crippen LogP contribution in [0.2, 0.25) is 5.02 Å². The van der Waals surface area contributed by atoms with E-state index in [0.717, 1.165) is 23.4 Å². The number of rotatable bonds is 5. The molecule has 0 aromatic heterocycles. The number of Topliss-reactive ketones (excluding diaryl/α,β-unsaturated/α-hetero) is 2. The molecule has 176 valence electrons. The van der Waals surface area contributed by atoms with Crippen LogP contribution in [0.1, 0.15) is 64.9 Å². The normalized spacial score (nSPS) is 25.7. The quantitative estimate of drug-likeness (QED) is 0.488. The standard InChI is InChI=1S/C27H32ClNO4/c1-7-8-33-25-16(28)9-15(10-21(25)32-6)22-23-17(11-26(2,3)13-19(23)30)29-18-12-27(4,5)14-20(31)24(18)22/h7,9-10,22-23H,1,8,11-14H2,2-6H3/t22-,23?/m0/s1. The number of aliphatic imine (C=N–C) groups is 1. The topological polar surface area (TPSA) is 65.0 Å². The second-order valence-corrected chi connectivity index (χ2v) is 11.4. The fraction of sp³-hybridized carbons (Fsp3) is 0.519. The first kappa shape index (κ1) is 23.7. The zero-order valence-electron chi connectivity index (χ0n) is 20.1. The summed E-state index contributed by atoms with van der Waals surface area (Å²) in [5.41, 5.74) is 2.83. The zero-order valence-corrected chi connectivity index (χ0v) is 20.8. The summed E-state index contributed by atoms with van der Waals surface area (Å²) >= 11 is 6.63. The van der Waals surface area contributed by atoms with E-state index in [-0.39, 0.29) is 29.0 Å². The van der Waals surface area contributed by atoms with Crippen LogP contribution < -0.4 is 9.47 Å². The van der Waals surface area contributed by atoms with Crippen molar-refractivity contribution in [3.8, 4) is 11.5 Å². The minimum absolute atomic E-state index is 0.0637. The summed E-state index contributed by atoms with van der Waals surface area (Å²) in [4.78, 5) is 31.9. The lowest BCUT2D eigenvalue weighted by atomic mass is 9.60. The van der Waals surface area contributed by atoms with E-state index < -0.39 is 11.8 Å². The van der Waals surface area contributed by atoms with Crippen molar-refractivity contribution in [2.45, 2.75) is 59.3 Å². The maximum absolute atomic E-state index is 13.5. The Morgan fingerprint density at radius 1 is 1.09 bits per heavy atom. The van der Waals surface area contributed by atoms with E-state index in [1.165, 1.54) is 0 Å². The molecule has 33 heavy (non-hydrogen) atoms. The summed E-state index contributed by atoms with van der Waals surface area (Å²) in [6, 6.07) is 3.66. The van der Waals surface area contributed by atoms with Gasteiger partial charge in [-0.25, -0.2) is 0 Å². The number of hydrogen-bond acceptors (Lipinski definition) is 5. The minimum atomic E-state index is -0.456. The van der Waals surface area contributed by atoms with Crippen molar-refractivity contribution in [3.63, 3.8) is 0 Å². The van der Waals surface area contributed by atoms with E-state index in [1.54, 1.807) is 19.3 Å². The average molecular weight is 470 g/mol. The third-order valence-electron chi connectivity index (χ3n) is 6.79. The van der Waals surface area contributed by atoms with E-state index in [4.69, 9.17) is 26.1 Å². The highest BCUT2D eigenvalue weighted by Crippen LogP contribution is 2.53. The number of fused-ring (bicyclic) bond motifs is 1. The van der Waals surface area contributed by atoms with Crippen molar-refractivity contribution in [2.24, 2.45) is 21.7 Å². The van der Waals surface area contributed by atoms with E-state index in [2.05, 4.69) is 34.3 Å². The number of methoxy groups -OCH3 is 1. The van der Waals surface area contributed by atoms with Gasteiger partial charge in [0.05, 0.1) is 18.1 Å². The fourth-order valence-electron chi connectivity index (χ4n) is 5.57. The summed E-state index contributed by atoms with van der Waals surface area (Å²) in [6.07, 6.45) is 3.97. The number of carbonyl (C=O) groups excluding carboxylic acids is 2. The molecule has 1 aromatic carbocycles. The van der Waals surface area contributed by atoms with Gasteiger partial charge in [-0.15, -0.1) is 0 Å². The molecule has 0 radical (unpaired) electrons. The third-order valence-corrected chi connectivity index (χ3v) is 7.07. The van der Waals surface area contributed by atoms with E-state index in [0.29, 0.717) is 41.4 Å². The molecule has 4 rings (SSSR count). The smallest absolute Gasteiger partial charge is 0.180 e. The second kappa shape index (κ2) is 8.43. The molecule has 1 heterocycles. The molecule has 1 aromatic rings. The molecule has 0 N–H and O–H groups in total. The number of halogens is 1. The lowest BCUT2D eigenvalue weighted by Gasteiger charge is -2.44. The average Bonchev–Trinajstić information content (AvgIpc) is 2.68. The number of ether oxygens (including phenoxy) is 2. The lowest BCUT2D eigenvalue weighted by molar-refractivity contribution is -0.124. The van der Waals surface area contributed by atoms with Crippen molar-refractivity contribution in [1.82, 2.24) is 0 Å². The van der Waals surface area contributed by atoms with Crippen molar-refractivity contribution in [3.05, 3.63) is 46.6 Å². The number of hydrogen-bond donors (Lipinski definition) is 0. The molecule has 6 heteroatoms. The van der Waals surface area contributed by atoms with Crippen LogP contribution in [0.4, 0.5) is 0 Å². The Kier molecular flexibility index (Phi) is 6.06. The van der Waals surface area contributed by atoms with E-state index in [1.807, 2.05) is 6.07 Å². The van der Waals surface area contributed by atoms with Crippen molar-refractivity contribution in [1.29, 1.82) is 0 Å². The van der Waals surface area contributed by atoms with Crippen LogP contribution in [-0.4, -0.2) is 31.0 Å². The third kappa shape index (κ3) is 4.40. The Balaban J connectivity index is 1.90. The molecule has 1 unspecified atom stereocenters. The maximum Gasteiger partial charge on any atom is 0.180 e. The molecule has 5 nitrogen and oxygen atoms in total. The number of carbonyl (C=O) groups is 2. The monoisotopic (exact) mass is 469 g/mol. The second-order valence-electron chi connectivity index (χ2n) is 11.0. The highest BCUT2D eigenvalue weighted by molar-refractivity contribution is 6.32. The van der Waals surface area contributed by atoms with Crippen molar-refractivity contribution >= 4 is 28.9 Å². The van der Waals surface area contributed by atoms with Gasteiger partial charge in [-0.1, -0.05) is 52.0 Å². The van der Waals surface area contributed by atoms with Crippen molar-refractivity contribution < 1.29 is 19.1 Å². The molecule has 3 aliphatic rings. The fourth-order valence-corrected chi connectivity index (χ4v) is 5.85. The Labute approximate surface area is 200 Å². The van der Waals surface area contributed by atoms with Gasteiger partial charge in [0.25, 0.3) is 0 Å². The van der Waals surface area contributed by atoms with Gasteiger partial charge in [-0.05, 0) is 41.4 Å². The first-order chi connectivity index (χ1) is 15.5. The van der Waals surface area contributed by atoms with Crippen LogP contribution >= 0.6 is 11.6 Å². The number of benzene rings is 1. The van der Waals surface area contributed by atoms with E-state index in [9.17, 15) is 9.59 Å². The van der Waals surface area contributed by atoms with Crippen LogP contribution in [0.5, 0.6) is 11.5 Å². The van der Waals surface area contributed by atoms with Gasteiger partial charge in [-0.3, -0.25) is 14.6 Å². The van der Waals surface area contributed by atoms with Gasteiger partial charge in [0.1, 0.15) is 12.4 Å². The molecule has 1 saturated carbocycles. The van der Waals surface area contributed by atoms with Crippen LogP contribution in [0.25, 0.3) is 0 Å². The molecular formula is C27H32ClNO4. The van der Waals surface area contributed by atoms with Gasteiger partial charge < -0.3 is 9.47 Å². The summed E-state index contributed by atoms with van der Waals surface area (Å²) < 4.78 is 11.3. The Morgan fingerprint density at radius 2 is 1.79 bits per heavy atom. The zero-order chi connectivity index (χ0) is 24.1. The minimum Gasteiger partial charge on any atom is -0.493 e. The highest BCUT2D eigenvalue weighted by atomic mass is 35.5. The lowest BCUT2D eigenvalue weighted by Crippen LogP contribution is -2.45. The van der Waals surface area contributed by atoms with Gasteiger partial charge in [0.2, 0.25) is 0 Å². The molecule has 0 amide bonds. The number of allylic oxidation sites excluding steroid dienone is 2. The highest BCUT2D eigenvalue weighted by Gasteiger charge is 2.50. The molecule has 0 spiro atoms. The summed E-state index contributed by atoms with van der Waals surface area (Å²) in [5, 5.41) is 0.379. The van der Waals surface area contributed by atoms with Crippen LogP contribution in [0.15, 0.2) is 41.1 Å². The molecule has 0 saturated heterocycles. The largest absolute Gasteiger partial charge is 0.493 e. The van der Waals surface area contributed by atoms with Crippen LogP contribution in [-0.2, 0) is 9.59 Å². The first-order valence-corrected chi connectivity index (χ1v) is 11.8. The van der Waals surface area contributed by atoms with Crippen LogP contribution in [0, 0.1) is 16.7 Å². The summed E-state index contributed by atoms with van der Waals surface area (Å²) in [5.74, 6) is 0.212. The molecule has 1 fully saturated rings. The van der Waals surface area contributed by atoms with Gasteiger partial charge >= 0.3 is 0 Å². The maximum atomic E-state index is 13.5. The Morgan fingerprint density at radius 3 is 2.45 bits per heavy atom. The van der Waals surface area contributed by atoms with Gasteiger partial charge in [0.15, 0.2) is 17.3 Å². The summed E-state index contributed by atoms with van der Waals surface area (Å²) in [6.45, 7) is 12.4. The molecule has 2 atom stereocenters. The molecule has 2 aliphatic carbocycles. The van der Waals surface area contributed by atoms with Gasteiger partial charge in [-0.2, -0.15) is 0 Å². The Bertz CT molecular complexity index is 1100. The molecule has 0 bridgehead atoms. The predicted molar refractivity (Wildman–Crippen MR) is 130 cm³/mol. The van der Waals surface area contributed by atoms with Gasteiger partial charge in [0, 0.05) is 35.7 Å². The van der Waals surface area contributed by atoms with E-state index >= 15 is 0 Å². The first-order valence-electron chi connectivity index (χ1n) is 11.4. The Hall–Kier alpha value is -2.40. The predicted octanol–water partition coefficient (Wildman–Crippen LogP) is 6.10. The molecular weight excluding hydrogens is 438 g/mol. The number of nitrogens with zero attached hydrogens (tertiary/aromatic N) is 1. The van der Waals surface area contributed by atoms with Crippen molar-refractivity contribution in [2.75, 3.05) is 13.7 Å². The number of ketones is 2. The van der Waals surface area contributed by atoms with Crippen LogP contribution in [0.3, 0.4) is 0 Å².